The van der Waals surface area contributed by atoms with Crippen LogP contribution in [-0.4, -0.2) is 35.0 Å². The smallest absolute Gasteiger partial charge is 0.135 e. The molecule has 3 aliphatic rings. The van der Waals surface area contributed by atoms with Crippen LogP contribution in [-0.2, 0) is 38.5 Å². The number of ether oxygens (including phenoxy) is 5. The number of benzene rings is 8. The zero-order chi connectivity index (χ0) is 43.8. The van der Waals surface area contributed by atoms with Gasteiger partial charge in [0.1, 0.15) is 35.4 Å². The van der Waals surface area contributed by atoms with Crippen molar-refractivity contribution >= 4 is 16.8 Å². The van der Waals surface area contributed by atoms with E-state index in [2.05, 4.69) is 121 Å². The molecule has 0 saturated heterocycles. The van der Waals surface area contributed by atoms with E-state index < -0.39 is 0 Å². The zero-order valence-electron chi connectivity index (χ0n) is 37.2. The van der Waals surface area contributed by atoms with Crippen molar-refractivity contribution in [2.24, 2.45) is 0 Å². The van der Waals surface area contributed by atoms with Crippen molar-refractivity contribution < 1.29 is 23.7 Å². The summed E-state index contributed by atoms with van der Waals surface area (Å²) in [4.78, 5) is 0. The summed E-state index contributed by atoms with van der Waals surface area (Å²) >= 11 is 0. The third-order valence-corrected chi connectivity index (χ3v) is 12.7. The van der Waals surface area contributed by atoms with Crippen LogP contribution >= 0.6 is 0 Å². The van der Waals surface area contributed by atoms with Gasteiger partial charge < -0.3 is 23.7 Å². The predicted octanol–water partition coefficient (Wildman–Crippen LogP) is 13.4. The first kappa shape index (κ1) is 42.1. The minimum absolute atomic E-state index is 0.660. The van der Waals surface area contributed by atoms with Gasteiger partial charge in [-0.1, -0.05) is 115 Å². The Bertz CT molecular complexity index is 2700. The van der Waals surface area contributed by atoms with Crippen LogP contribution in [0.3, 0.4) is 0 Å². The molecule has 64 heavy (non-hydrogen) atoms. The fourth-order valence-electron chi connectivity index (χ4n) is 9.23. The molecule has 1 aliphatic heterocycles. The van der Waals surface area contributed by atoms with E-state index in [0.29, 0.717) is 6.61 Å². The van der Waals surface area contributed by atoms with Gasteiger partial charge in [0.2, 0.25) is 0 Å². The molecule has 8 aromatic rings. The van der Waals surface area contributed by atoms with Gasteiger partial charge >= 0.3 is 0 Å². The number of methoxy groups -OCH3 is 4. The maximum absolute atomic E-state index is 6.12. The molecule has 0 fully saturated rings. The predicted molar refractivity (Wildman–Crippen MR) is 262 cm³/mol. The Morgan fingerprint density at radius 3 is 1.34 bits per heavy atom. The van der Waals surface area contributed by atoms with E-state index in [9.17, 15) is 0 Å². The second-order valence-corrected chi connectivity index (χ2v) is 16.4. The number of rotatable bonds is 10. The van der Waals surface area contributed by atoms with Gasteiger partial charge in [-0.15, -0.1) is 0 Å². The van der Waals surface area contributed by atoms with Gasteiger partial charge in [-0.3, -0.25) is 0 Å². The van der Waals surface area contributed by atoms with Crippen LogP contribution in [0.1, 0.15) is 50.1 Å². The first-order valence-corrected chi connectivity index (χ1v) is 22.2. The maximum atomic E-state index is 6.12. The summed E-state index contributed by atoms with van der Waals surface area (Å²) < 4.78 is 26.7. The normalized spacial score (nSPS) is 12.2. The van der Waals surface area contributed by atoms with Gasteiger partial charge in [0.05, 0.1) is 28.4 Å². The summed E-state index contributed by atoms with van der Waals surface area (Å²) in [5.41, 5.74) is 18.2. The molecule has 0 unspecified atom stereocenters. The lowest BCUT2D eigenvalue weighted by atomic mass is 9.91. The third-order valence-electron chi connectivity index (χ3n) is 12.7. The highest BCUT2D eigenvalue weighted by Crippen LogP contribution is 2.52. The van der Waals surface area contributed by atoms with Gasteiger partial charge in [0.15, 0.2) is 0 Å². The summed E-state index contributed by atoms with van der Waals surface area (Å²) in [6, 6.07) is 55.2. The van der Waals surface area contributed by atoms with E-state index in [1.54, 1.807) is 28.4 Å². The highest BCUT2D eigenvalue weighted by atomic mass is 16.5. The molecule has 0 bridgehead atoms. The Hall–Kier alpha value is -7.24. The largest absolute Gasteiger partial charge is 0.497 e. The Balaban J connectivity index is 0.000000127. The van der Waals surface area contributed by atoms with E-state index in [-0.39, 0.29) is 0 Å². The van der Waals surface area contributed by atoms with Crippen LogP contribution in [0.25, 0.3) is 39.1 Å². The van der Waals surface area contributed by atoms with Crippen molar-refractivity contribution in [2.45, 2.75) is 38.5 Å². The summed E-state index contributed by atoms with van der Waals surface area (Å²) in [6.07, 6.45) is 10.6. The topological polar surface area (TPSA) is 46.2 Å². The van der Waals surface area contributed by atoms with Gasteiger partial charge in [0, 0.05) is 10.9 Å². The molecule has 8 aromatic carbocycles. The monoisotopic (exact) mass is 842 g/mol. The number of fused-ring (bicyclic) bond motifs is 12. The van der Waals surface area contributed by atoms with Crippen LogP contribution in [0.5, 0.6) is 28.7 Å². The lowest BCUT2D eigenvalue weighted by Crippen LogP contribution is -2.04. The van der Waals surface area contributed by atoms with E-state index in [1.165, 1.54) is 83.1 Å². The average molecular weight is 843 g/mol. The van der Waals surface area contributed by atoms with Crippen molar-refractivity contribution in [3.05, 3.63) is 214 Å². The van der Waals surface area contributed by atoms with E-state index in [1.807, 2.05) is 48.5 Å². The summed E-state index contributed by atoms with van der Waals surface area (Å²) in [5.74, 6) is 4.68. The Kier molecular flexibility index (Phi) is 12.8. The summed E-state index contributed by atoms with van der Waals surface area (Å²) in [7, 11) is 6.75. The molecule has 0 saturated carbocycles. The van der Waals surface area contributed by atoms with Crippen molar-refractivity contribution in [2.75, 3.05) is 35.0 Å². The average Bonchev–Trinajstić information content (AvgIpc) is 3.96. The van der Waals surface area contributed by atoms with Crippen LogP contribution in [0.15, 0.2) is 164 Å². The number of aryl methyl sites for hydroxylation is 4. The summed E-state index contributed by atoms with van der Waals surface area (Å²) in [5, 5.41) is 2.55. The highest BCUT2D eigenvalue weighted by molar-refractivity contribution is 6.08. The molecule has 0 N–H and O–H groups in total. The molecular weight excluding hydrogens is 789 g/mol. The number of hydrogen-bond donors (Lipinski definition) is 0. The summed E-state index contributed by atoms with van der Waals surface area (Å²) in [6.45, 7) is 0.660. The van der Waals surface area contributed by atoms with Crippen molar-refractivity contribution in [1.82, 2.24) is 0 Å². The quantitative estimate of drug-likeness (QED) is 0.137. The molecule has 0 atom stereocenters. The molecular formula is C59H54O5. The maximum Gasteiger partial charge on any atom is 0.135 e. The molecule has 11 rings (SSSR count). The van der Waals surface area contributed by atoms with Gasteiger partial charge in [-0.05, 0) is 165 Å². The number of hydrogen-bond acceptors (Lipinski definition) is 5. The first-order chi connectivity index (χ1) is 31.5. The standard InChI is InChI=1S/C27H18O.2C16H18O2/c1-2-7-17-16(6-1)14-23-18(17)11-12-20-24(23)15-25-22-10-5-13-28-27(22)21-9-4-3-8-19(21)26(20)25;2*1-17-15-9-5-13(6-10-15)3-4-14-7-11-16(18-2)12-8-14/h1-12H,13-15H2;2*5-12H,3-4H2,1-2H3. The Morgan fingerprint density at radius 1 is 0.406 bits per heavy atom. The van der Waals surface area contributed by atoms with Gasteiger partial charge in [-0.25, -0.2) is 0 Å². The fourth-order valence-corrected chi connectivity index (χ4v) is 9.23. The van der Waals surface area contributed by atoms with Crippen LogP contribution in [0, 0.1) is 0 Å². The fraction of sp³-hybridized carbons (Fsp3) is 0.186. The second-order valence-electron chi connectivity index (χ2n) is 16.4. The van der Waals surface area contributed by atoms with Gasteiger partial charge in [-0.2, -0.15) is 0 Å². The Labute approximate surface area is 377 Å². The second kappa shape index (κ2) is 19.4. The zero-order valence-corrected chi connectivity index (χ0v) is 37.2. The molecule has 0 aromatic heterocycles. The lowest BCUT2D eigenvalue weighted by molar-refractivity contribution is 0.362. The molecule has 5 heteroatoms. The third kappa shape index (κ3) is 8.98. The lowest BCUT2D eigenvalue weighted by Gasteiger charge is -2.19. The molecule has 0 amide bonds. The molecule has 1 heterocycles. The van der Waals surface area contributed by atoms with Crippen LogP contribution < -0.4 is 23.7 Å². The van der Waals surface area contributed by atoms with Crippen molar-refractivity contribution in [3.8, 4) is 51.0 Å². The highest BCUT2D eigenvalue weighted by Gasteiger charge is 2.32. The minimum Gasteiger partial charge on any atom is -0.497 e. The minimum atomic E-state index is 0.660. The Morgan fingerprint density at radius 2 is 0.844 bits per heavy atom. The van der Waals surface area contributed by atoms with Crippen LogP contribution in [0.4, 0.5) is 0 Å². The van der Waals surface area contributed by atoms with Crippen molar-refractivity contribution in [1.29, 1.82) is 0 Å². The molecule has 5 nitrogen and oxygen atoms in total. The van der Waals surface area contributed by atoms with E-state index in [4.69, 9.17) is 23.7 Å². The van der Waals surface area contributed by atoms with Crippen molar-refractivity contribution in [3.63, 3.8) is 0 Å². The van der Waals surface area contributed by atoms with E-state index in [0.717, 1.165) is 67.3 Å². The molecule has 0 radical (unpaired) electrons. The van der Waals surface area contributed by atoms with E-state index >= 15 is 0 Å². The molecule has 2 aliphatic carbocycles. The van der Waals surface area contributed by atoms with Gasteiger partial charge in [0.25, 0.3) is 0 Å². The first-order valence-electron chi connectivity index (χ1n) is 22.2. The SMILES string of the molecule is C1=Cc2c3c(c4ccccc4c2OC1)-c1ccc2c(c1C3)Cc1ccccc1-2.COc1ccc(CCc2ccc(OC)cc2)cc1.COc1ccc(CCc2ccc(OC)cc2)cc1. The molecule has 320 valence electrons. The van der Waals surface area contributed by atoms with Crippen LogP contribution in [0.2, 0.25) is 0 Å². The molecule has 0 spiro atoms.